The molecule has 1 rings (SSSR count). The third kappa shape index (κ3) is 5.71. The van der Waals surface area contributed by atoms with E-state index in [2.05, 4.69) is 15.5 Å². The molecular formula is C10H17N3O3S. The Hall–Kier alpha value is -1.05. The van der Waals surface area contributed by atoms with Crippen molar-refractivity contribution in [2.45, 2.75) is 20.3 Å². The minimum absolute atomic E-state index is 0.0460. The summed E-state index contributed by atoms with van der Waals surface area (Å²) in [5.41, 5.74) is 0. The van der Waals surface area contributed by atoms with Crippen LogP contribution in [0.2, 0.25) is 0 Å². The fourth-order valence-electron chi connectivity index (χ4n) is 1.06. The van der Waals surface area contributed by atoms with Crippen LogP contribution in [0.1, 0.15) is 18.9 Å². The molecule has 0 aliphatic carbocycles. The van der Waals surface area contributed by atoms with Gasteiger partial charge in [-0.1, -0.05) is 11.3 Å². The molecule has 1 aromatic rings. The molecule has 1 aromatic heterocycles. The zero-order valence-electron chi connectivity index (χ0n) is 10.1. The molecule has 96 valence electrons. The largest absolute Gasteiger partial charge is 0.381 e. The number of nitrogens with one attached hydrogen (secondary N) is 1. The van der Waals surface area contributed by atoms with Crippen molar-refractivity contribution in [3.05, 3.63) is 5.01 Å². The molecule has 0 saturated heterocycles. The zero-order valence-corrected chi connectivity index (χ0v) is 10.9. The summed E-state index contributed by atoms with van der Waals surface area (Å²) in [6, 6.07) is 0. The molecule has 0 bridgehead atoms. The lowest BCUT2D eigenvalue weighted by Gasteiger charge is -2.00. The smallest absolute Gasteiger partial charge is 0.252 e. The molecule has 1 heterocycles. The summed E-state index contributed by atoms with van der Waals surface area (Å²) in [6.45, 7) is 5.66. The monoisotopic (exact) mass is 259 g/mol. The van der Waals surface area contributed by atoms with Crippen LogP contribution in [-0.2, 0) is 20.7 Å². The summed E-state index contributed by atoms with van der Waals surface area (Å²) in [7, 11) is 0. The van der Waals surface area contributed by atoms with Gasteiger partial charge < -0.3 is 9.47 Å². The van der Waals surface area contributed by atoms with Crippen molar-refractivity contribution in [2.75, 3.05) is 31.7 Å². The normalized spacial score (nSPS) is 10.5. The van der Waals surface area contributed by atoms with Gasteiger partial charge in [0.25, 0.3) is 5.91 Å². The van der Waals surface area contributed by atoms with Crippen LogP contribution in [-0.4, -0.2) is 42.5 Å². The predicted molar refractivity (Wildman–Crippen MR) is 65.2 cm³/mol. The van der Waals surface area contributed by atoms with Crippen molar-refractivity contribution >= 4 is 22.4 Å². The SMILES string of the molecule is CCOCCc1nnc(NC(=O)COCC)s1. The van der Waals surface area contributed by atoms with Crippen LogP contribution >= 0.6 is 11.3 Å². The van der Waals surface area contributed by atoms with E-state index in [9.17, 15) is 4.79 Å². The van der Waals surface area contributed by atoms with Gasteiger partial charge in [-0.25, -0.2) is 0 Å². The Morgan fingerprint density at radius 2 is 2.06 bits per heavy atom. The molecule has 0 aliphatic rings. The van der Waals surface area contributed by atoms with Crippen LogP contribution in [0.4, 0.5) is 5.13 Å². The maximum Gasteiger partial charge on any atom is 0.252 e. The zero-order chi connectivity index (χ0) is 12.5. The van der Waals surface area contributed by atoms with Gasteiger partial charge in [0.15, 0.2) is 0 Å². The van der Waals surface area contributed by atoms with E-state index < -0.39 is 0 Å². The van der Waals surface area contributed by atoms with E-state index in [1.807, 2.05) is 13.8 Å². The first kappa shape index (κ1) is 14.0. The summed E-state index contributed by atoms with van der Waals surface area (Å²) >= 11 is 1.36. The molecule has 0 fully saturated rings. The molecule has 17 heavy (non-hydrogen) atoms. The fourth-order valence-corrected chi connectivity index (χ4v) is 1.80. The van der Waals surface area contributed by atoms with Crippen molar-refractivity contribution < 1.29 is 14.3 Å². The van der Waals surface area contributed by atoms with Gasteiger partial charge >= 0.3 is 0 Å². The van der Waals surface area contributed by atoms with Gasteiger partial charge in [-0.2, -0.15) is 0 Å². The number of amides is 1. The van der Waals surface area contributed by atoms with Crippen molar-refractivity contribution in [3.8, 4) is 0 Å². The fraction of sp³-hybridized carbons (Fsp3) is 0.700. The third-order valence-electron chi connectivity index (χ3n) is 1.81. The molecule has 0 unspecified atom stereocenters. The maximum absolute atomic E-state index is 11.3. The number of aromatic nitrogens is 2. The van der Waals surface area contributed by atoms with Crippen molar-refractivity contribution in [1.29, 1.82) is 0 Å². The molecule has 1 amide bonds. The summed E-state index contributed by atoms with van der Waals surface area (Å²) in [5, 5.41) is 11.8. The number of hydrogen-bond donors (Lipinski definition) is 1. The predicted octanol–water partition coefficient (Wildman–Crippen LogP) is 1.09. The van der Waals surface area contributed by atoms with Crippen LogP contribution < -0.4 is 5.32 Å². The van der Waals surface area contributed by atoms with Crippen molar-refractivity contribution in [3.63, 3.8) is 0 Å². The van der Waals surface area contributed by atoms with Gasteiger partial charge in [0.1, 0.15) is 11.6 Å². The molecular weight excluding hydrogens is 242 g/mol. The van der Waals surface area contributed by atoms with Crippen LogP contribution in [0.5, 0.6) is 0 Å². The van der Waals surface area contributed by atoms with Crippen molar-refractivity contribution in [1.82, 2.24) is 10.2 Å². The minimum atomic E-state index is -0.209. The first-order valence-corrected chi connectivity index (χ1v) is 6.35. The molecule has 0 atom stereocenters. The molecule has 0 spiro atoms. The number of ether oxygens (including phenoxy) is 2. The summed E-state index contributed by atoms with van der Waals surface area (Å²) in [5.74, 6) is -0.209. The lowest BCUT2D eigenvalue weighted by molar-refractivity contribution is -0.120. The summed E-state index contributed by atoms with van der Waals surface area (Å²) < 4.78 is 10.2. The standard InChI is InChI=1S/C10H17N3O3S/c1-3-15-6-5-9-12-13-10(17-9)11-8(14)7-16-4-2/h3-7H2,1-2H3,(H,11,13,14). The second-order valence-electron chi connectivity index (χ2n) is 3.13. The number of carbonyl (C=O) groups is 1. The van der Waals surface area contributed by atoms with Crippen LogP contribution in [0, 0.1) is 0 Å². The quantitative estimate of drug-likeness (QED) is 0.707. The van der Waals surface area contributed by atoms with Gasteiger partial charge in [-0.05, 0) is 13.8 Å². The van der Waals surface area contributed by atoms with Crippen LogP contribution in [0.25, 0.3) is 0 Å². The number of rotatable bonds is 8. The molecule has 0 saturated carbocycles. The van der Waals surface area contributed by atoms with E-state index in [1.54, 1.807) is 0 Å². The van der Waals surface area contributed by atoms with E-state index in [-0.39, 0.29) is 12.5 Å². The first-order valence-electron chi connectivity index (χ1n) is 5.54. The molecule has 6 nitrogen and oxygen atoms in total. The molecule has 0 aromatic carbocycles. The van der Waals surface area contributed by atoms with Crippen LogP contribution in [0.15, 0.2) is 0 Å². The lowest BCUT2D eigenvalue weighted by atomic mass is 10.5. The molecule has 7 heteroatoms. The Morgan fingerprint density at radius 1 is 1.29 bits per heavy atom. The molecule has 1 N–H and O–H groups in total. The molecule has 0 aliphatic heterocycles. The number of carbonyl (C=O) groups excluding carboxylic acids is 1. The van der Waals surface area contributed by atoms with E-state index >= 15 is 0 Å². The highest BCUT2D eigenvalue weighted by molar-refractivity contribution is 7.15. The summed E-state index contributed by atoms with van der Waals surface area (Å²) in [4.78, 5) is 11.3. The third-order valence-corrected chi connectivity index (χ3v) is 2.71. The topological polar surface area (TPSA) is 73.3 Å². The maximum atomic E-state index is 11.3. The Morgan fingerprint density at radius 3 is 2.76 bits per heavy atom. The second kappa shape index (κ2) is 8.10. The first-order chi connectivity index (χ1) is 8.26. The second-order valence-corrected chi connectivity index (χ2v) is 4.20. The number of anilines is 1. The average molecular weight is 259 g/mol. The Bertz CT molecular complexity index is 343. The van der Waals surface area contributed by atoms with Crippen molar-refractivity contribution in [2.24, 2.45) is 0 Å². The van der Waals surface area contributed by atoms with Gasteiger partial charge in [-0.15, -0.1) is 10.2 Å². The van der Waals surface area contributed by atoms with Gasteiger partial charge in [0.05, 0.1) is 6.61 Å². The van der Waals surface area contributed by atoms with E-state index in [0.717, 1.165) is 5.01 Å². The number of hydrogen-bond acceptors (Lipinski definition) is 6. The summed E-state index contributed by atoms with van der Waals surface area (Å²) in [6.07, 6.45) is 0.715. The average Bonchev–Trinajstić information content (AvgIpc) is 2.74. The highest BCUT2D eigenvalue weighted by Crippen LogP contribution is 2.15. The van der Waals surface area contributed by atoms with Gasteiger partial charge in [-0.3, -0.25) is 10.1 Å². The van der Waals surface area contributed by atoms with E-state index in [1.165, 1.54) is 11.3 Å². The van der Waals surface area contributed by atoms with Gasteiger partial charge in [0.2, 0.25) is 5.13 Å². The lowest BCUT2D eigenvalue weighted by Crippen LogP contribution is -2.17. The minimum Gasteiger partial charge on any atom is -0.381 e. The Labute approximate surface area is 104 Å². The Balaban J connectivity index is 2.32. The van der Waals surface area contributed by atoms with E-state index in [0.29, 0.717) is 31.4 Å². The highest BCUT2D eigenvalue weighted by Gasteiger charge is 2.07. The highest BCUT2D eigenvalue weighted by atomic mass is 32.1. The van der Waals surface area contributed by atoms with E-state index in [4.69, 9.17) is 9.47 Å². The molecule has 0 radical (unpaired) electrons. The Kier molecular flexibility index (Phi) is 6.68. The van der Waals surface area contributed by atoms with Crippen LogP contribution in [0.3, 0.4) is 0 Å². The van der Waals surface area contributed by atoms with Gasteiger partial charge in [0, 0.05) is 19.6 Å². The number of nitrogens with zero attached hydrogens (tertiary/aromatic N) is 2.